The van der Waals surface area contributed by atoms with Crippen molar-refractivity contribution < 1.29 is 66.6 Å². The van der Waals surface area contributed by atoms with E-state index in [4.69, 9.17) is 42.6 Å². The normalized spacial score (nSPS) is 10.8. The van der Waals surface area contributed by atoms with E-state index in [-0.39, 0.29) is 34.1 Å². The summed E-state index contributed by atoms with van der Waals surface area (Å²) in [7, 11) is 0. The molecule has 0 aliphatic rings. The fourth-order valence-electron chi connectivity index (χ4n) is 8.33. The molecule has 0 unspecified atom stereocenters. The van der Waals surface area contributed by atoms with Gasteiger partial charge in [0, 0.05) is 6.42 Å². The van der Waals surface area contributed by atoms with Gasteiger partial charge in [-0.2, -0.15) is 0 Å². The molecule has 0 atom stereocenters. The van der Waals surface area contributed by atoms with Crippen molar-refractivity contribution in [3.63, 3.8) is 0 Å². The number of carbonyl (C=O) groups is 5. The molecule has 0 saturated carbocycles. The van der Waals surface area contributed by atoms with Crippen LogP contribution in [0.25, 0.3) is 0 Å². The zero-order valence-corrected chi connectivity index (χ0v) is 46.8. The molecule has 0 heterocycles. The number of unbranched alkanes of at least 4 members (excludes halogenated alkanes) is 12. The molecular weight excluding hydrogens is 1040 g/mol. The first-order valence-electron chi connectivity index (χ1n) is 28.4. The molecule has 0 aliphatic heterocycles. The minimum atomic E-state index is -0.664. The highest BCUT2D eigenvalue weighted by atomic mass is 16.6. The average Bonchev–Trinajstić information content (AvgIpc) is 3.52. The van der Waals surface area contributed by atoms with Crippen LogP contribution in [0.15, 0.2) is 170 Å². The third-order valence-corrected chi connectivity index (χ3v) is 13.0. The van der Waals surface area contributed by atoms with Gasteiger partial charge in [-0.15, -0.1) is 0 Å². The lowest BCUT2D eigenvalue weighted by Crippen LogP contribution is -2.11. The van der Waals surface area contributed by atoms with Crippen LogP contribution in [0.4, 0.5) is 0 Å². The summed E-state index contributed by atoms with van der Waals surface area (Å²) in [5, 5.41) is 0. The first-order valence-corrected chi connectivity index (χ1v) is 28.4. The number of hydrogen-bond acceptors (Lipinski definition) is 14. The third-order valence-electron chi connectivity index (χ3n) is 13.0. The van der Waals surface area contributed by atoms with E-state index in [0.29, 0.717) is 72.5 Å². The second-order valence-corrected chi connectivity index (χ2v) is 19.5. The van der Waals surface area contributed by atoms with E-state index in [1.54, 1.807) is 97.1 Å². The van der Waals surface area contributed by atoms with E-state index < -0.39 is 29.8 Å². The second kappa shape index (κ2) is 33.6. The third kappa shape index (κ3) is 21.0. The van der Waals surface area contributed by atoms with Gasteiger partial charge in [0.2, 0.25) is 0 Å². The van der Waals surface area contributed by atoms with Crippen molar-refractivity contribution in [2.75, 3.05) is 26.4 Å². The number of benzene rings is 7. The lowest BCUT2D eigenvalue weighted by Gasteiger charge is -2.10. The van der Waals surface area contributed by atoms with Crippen LogP contribution in [0.1, 0.15) is 162 Å². The summed E-state index contributed by atoms with van der Waals surface area (Å²) in [5.41, 5.74) is 1.51. The van der Waals surface area contributed by atoms with Gasteiger partial charge in [-0.3, -0.25) is 0 Å². The summed E-state index contributed by atoms with van der Waals surface area (Å²) in [6.07, 6.45) is 17.7. The van der Waals surface area contributed by atoms with Crippen LogP contribution in [-0.4, -0.2) is 56.3 Å². The van der Waals surface area contributed by atoms with Crippen LogP contribution in [0, 0.1) is 0 Å². The summed E-state index contributed by atoms with van der Waals surface area (Å²) >= 11 is 0. The van der Waals surface area contributed by atoms with Crippen molar-refractivity contribution in [1.82, 2.24) is 0 Å². The highest BCUT2D eigenvalue weighted by Gasteiger charge is 2.16. The van der Waals surface area contributed by atoms with Crippen LogP contribution >= 0.6 is 0 Å². The molecule has 82 heavy (non-hydrogen) atoms. The molecule has 0 radical (unpaired) electrons. The summed E-state index contributed by atoms with van der Waals surface area (Å²) in [6, 6.07) is 44.9. The summed E-state index contributed by atoms with van der Waals surface area (Å²) in [6.45, 7) is 6.44. The van der Waals surface area contributed by atoms with Crippen molar-refractivity contribution in [1.29, 1.82) is 0 Å². The van der Waals surface area contributed by atoms with Crippen LogP contribution in [0.2, 0.25) is 0 Å². The van der Waals surface area contributed by atoms with Crippen LogP contribution in [0.3, 0.4) is 0 Å². The Bertz CT molecular complexity index is 3050. The number of ether oxygens (including phenoxy) is 9. The van der Waals surface area contributed by atoms with Crippen LogP contribution in [0.5, 0.6) is 51.7 Å². The number of rotatable bonds is 34. The molecule has 7 aromatic carbocycles. The molecule has 14 heteroatoms. The van der Waals surface area contributed by atoms with Gasteiger partial charge >= 0.3 is 29.8 Å². The van der Waals surface area contributed by atoms with Crippen LogP contribution < -0.4 is 42.6 Å². The number of carbonyl (C=O) groups excluding carboxylic acids is 5. The Kier molecular flexibility index (Phi) is 24.9. The van der Waals surface area contributed by atoms with Crippen molar-refractivity contribution in [3.8, 4) is 51.7 Å². The average molecular weight is 1110 g/mol. The Morgan fingerprint density at radius 2 is 0.390 bits per heavy atom. The molecule has 0 saturated heterocycles. The van der Waals surface area contributed by atoms with Gasteiger partial charge in [0.15, 0.2) is 0 Å². The molecule has 7 rings (SSSR count). The van der Waals surface area contributed by atoms with Crippen LogP contribution in [-0.2, 0) is 0 Å². The fourth-order valence-corrected chi connectivity index (χ4v) is 8.33. The monoisotopic (exact) mass is 1110 g/mol. The van der Waals surface area contributed by atoms with Crippen molar-refractivity contribution in [2.24, 2.45) is 0 Å². The lowest BCUT2D eigenvalue weighted by molar-refractivity contribution is 0.0718. The molecule has 0 aliphatic carbocycles. The predicted molar refractivity (Wildman–Crippen MR) is 312 cm³/mol. The first-order chi connectivity index (χ1) is 40.1. The number of esters is 5. The van der Waals surface area contributed by atoms with Gasteiger partial charge < -0.3 is 42.6 Å². The van der Waals surface area contributed by atoms with E-state index in [1.165, 1.54) is 137 Å². The van der Waals surface area contributed by atoms with Gasteiger partial charge in [-0.05, 0) is 183 Å². The minimum Gasteiger partial charge on any atom is -0.494 e. The van der Waals surface area contributed by atoms with E-state index in [2.05, 4.69) is 13.8 Å². The fraction of sp³-hybridized carbons (Fsp3) is 0.309. The molecular formula is C68H72O14. The van der Waals surface area contributed by atoms with Crippen molar-refractivity contribution in [3.05, 3.63) is 198 Å². The SMILES string of the molecule is CCCCCCCCCCCCOc1ccc(C(=O)Oc2ccc(OC(=O)c3ccc(OC(=O)c4ccc(OC(=O)c5ccc(OCCCOc6ccc(OC(=O)c7ccc(OCCCCCC)cc7)cc6)cc5)cc4)cc3)cc2)cc1. The second-order valence-electron chi connectivity index (χ2n) is 19.5. The zero-order chi connectivity index (χ0) is 57.6. The van der Waals surface area contributed by atoms with Crippen molar-refractivity contribution in [2.45, 2.75) is 110 Å². The maximum atomic E-state index is 13.0. The first kappa shape index (κ1) is 60.7. The smallest absolute Gasteiger partial charge is 0.343 e. The minimum absolute atomic E-state index is 0.191. The topological polar surface area (TPSA) is 168 Å². The molecule has 0 fully saturated rings. The van der Waals surface area contributed by atoms with Gasteiger partial charge in [0.25, 0.3) is 0 Å². The maximum Gasteiger partial charge on any atom is 0.343 e. The zero-order valence-electron chi connectivity index (χ0n) is 46.8. The predicted octanol–water partition coefficient (Wildman–Crippen LogP) is 15.9. The van der Waals surface area contributed by atoms with Gasteiger partial charge in [0.05, 0.1) is 54.2 Å². The standard InChI is InChI=1S/C68H72O14/c1-3-5-7-9-10-11-12-13-14-16-47-75-56-30-20-52(21-31-56)66(71)81-62-42-44-63(45-43-62)82-68(73)54-26-36-60(37-27-54)79-67(72)53-24-34-59(35-25-53)78-64(69)50-22-32-57(33-23-50)76-48-17-49-77-58-38-40-61(41-39-58)80-65(70)51-18-28-55(29-19-51)74-46-15-8-6-4-2/h18-45H,3-17,46-49H2,1-2H3. The van der Waals surface area contributed by atoms with E-state index in [0.717, 1.165) is 31.4 Å². The Balaban J connectivity index is 0.742. The molecule has 428 valence electrons. The Labute approximate surface area is 480 Å². The van der Waals surface area contributed by atoms with Gasteiger partial charge in [0.1, 0.15) is 51.7 Å². The van der Waals surface area contributed by atoms with Gasteiger partial charge in [-0.25, -0.2) is 24.0 Å². The van der Waals surface area contributed by atoms with Gasteiger partial charge in [-0.1, -0.05) is 90.9 Å². The Morgan fingerprint density at radius 1 is 0.220 bits per heavy atom. The molecule has 0 spiro atoms. The highest BCUT2D eigenvalue weighted by Crippen LogP contribution is 2.25. The molecule has 14 nitrogen and oxygen atoms in total. The highest BCUT2D eigenvalue weighted by molar-refractivity contribution is 5.94. The summed E-state index contributed by atoms with van der Waals surface area (Å²) < 4.78 is 50.8. The largest absolute Gasteiger partial charge is 0.494 e. The Hall–Kier alpha value is -8.91. The quantitative estimate of drug-likeness (QED) is 0.0212. The molecule has 0 bridgehead atoms. The van der Waals surface area contributed by atoms with E-state index >= 15 is 0 Å². The van der Waals surface area contributed by atoms with E-state index in [1.807, 2.05) is 0 Å². The molecule has 7 aromatic rings. The lowest BCUT2D eigenvalue weighted by atomic mass is 10.1. The maximum absolute atomic E-state index is 13.0. The molecule has 0 amide bonds. The molecule has 0 N–H and O–H groups in total. The van der Waals surface area contributed by atoms with E-state index in [9.17, 15) is 24.0 Å². The summed E-state index contributed by atoms with van der Waals surface area (Å²) in [5.74, 6) is 1.01. The summed E-state index contributed by atoms with van der Waals surface area (Å²) in [4.78, 5) is 64.3. The molecule has 0 aromatic heterocycles. The van der Waals surface area contributed by atoms with Crippen molar-refractivity contribution >= 4 is 29.8 Å². The Morgan fingerprint density at radius 3 is 0.634 bits per heavy atom. The number of hydrogen-bond donors (Lipinski definition) is 0.